The van der Waals surface area contributed by atoms with Gasteiger partial charge >= 0.3 is 0 Å². The minimum Gasteiger partial charge on any atom is -0.313 e. The summed E-state index contributed by atoms with van der Waals surface area (Å²) in [5.41, 5.74) is 0. The molecule has 1 aliphatic heterocycles. The van der Waals surface area contributed by atoms with E-state index in [1.165, 1.54) is 19.3 Å². The predicted molar refractivity (Wildman–Crippen MR) is 70.4 cm³/mol. The number of fused-ring (bicyclic) bond motifs is 1. The van der Waals surface area contributed by atoms with Gasteiger partial charge in [-0.2, -0.15) is 0 Å². The number of nitrogens with one attached hydrogen (secondary N) is 1. The van der Waals surface area contributed by atoms with Gasteiger partial charge in [-0.25, -0.2) is 0 Å². The van der Waals surface area contributed by atoms with E-state index in [4.69, 9.17) is 0 Å². The molecule has 1 saturated carbocycles. The highest BCUT2D eigenvalue weighted by atomic mass is 32.1. The standard InChI is InChI=1S/C14H19NOS/c1-9(14(16)12-6-3-7-17-12)13-11-5-2-4-10(11)8-15-13/h3,6-7,9-11,13,15H,2,4-5,8H2,1H3. The van der Waals surface area contributed by atoms with Crippen LogP contribution in [0.4, 0.5) is 0 Å². The molecule has 2 aliphatic rings. The molecule has 4 unspecified atom stereocenters. The van der Waals surface area contributed by atoms with Crippen molar-refractivity contribution >= 4 is 17.1 Å². The van der Waals surface area contributed by atoms with E-state index in [1.54, 1.807) is 11.3 Å². The zero-order valence-corrected chi connectivity index (χ0v) is 11.0. The summed E-state index contributed by atoms with van der Waals surface area (Å²) in [7, 11) is 0. The van der Waals surface area contributed by atoms with E-state index in [9.17, 15) is 4.79 Å². The Morgan fingerprint density at radius 3 is 3.18 bits per heavy atom. The van der Waals surface area contributed by atoms with Gasteiger partial charge in [-0.3, -0.25) is 4.79 Å². The monoisotopic (exact) mass is 249 g/mol. The lowest BCUT2D eigenvalue weighted by molar-refractivity contribution is 0.0895. The van der Waals surface area contributed by atoms with Crippen LogP contribution < -0.4 is 5.32 Å². The Morgan fingerprint density at radius 2 is 2.41 bits per heavy atom. The van der Waals surface area contributed by atoms with Crippen molar-refractivity contribution in [2.75, 3.05) is 6.54 Å². The highest BCUT2D eigenvalue weighted by Gasteiger charge is 2.43. The number of ketones is 1. The van der Waals surface area contributed by atoms with Crippen LogP contribution in [0.5, 0.6) is 0 Å². The van der Waals surface area contributed by atoms with Crippen molar-refractivity contribution in [1.82, 2.24) is 5.32 Å². The fraction of sp³-hybridized carbons (Fsp3) is 0.643. The highest BCUT2D eigenvalue weighted by molar-refractivity contribution is 7.12. The minimum atomic E-state index is 0.127. The van der Waals surface area contributed by atoms with Crippen LogP contribution in [-0.4, -0.2) is 18.4 Å². The Bertz CT molecular complexity index is 400. The summed E-state index contributed by atoms with van der Waals surface area (Å²) in [6.07, 6.45) is 4.02. The molecule has 17 heavy (non-hydrogen) atoms. The zero-order valence-electron chi connectivity index (χ0n) is 10.2. The summed E-state index contributed by atoms with van der Waals surface area (Å²) in [6.45, 7) is 3.22. The van der Waals surface area contributed by atoms with Crippen molar-refractivity contribution in [2.24, 2.45) is 17.8 Å². The average Bonchev–Trinajstić information content (AvgIpc) is 3.03. The second-order valence-corrected chi connectivity index (χ2v) is 6.37. The lowest BCUT2D eigenvalue weighted by atomic mass is 9.84. The number of carbonyl (C=O) groups excluding carboxylic acids is 1. The Balaban J connectivity index is 1.74. The number of hydrogen-bond donors (Lipinski definition) is 1. The highest BCUT2D eigenvalue weighted by Crippen LogP contribution is 2.40. The third-order valence-electron chi connectivity index (χ3n) is 4.51. The predicted octanol–water partition coefficient (Wildman–Crippen LogP) is 2.96. The fourth-order valence-electron chi connectivity index (χ4n) is 3.58. The SMILES string of the molecule is CC(C(=O)c1cccs1)C1NCC2CCCC21. The molecular weight excluding hydrogens is 230 g/mol. The van der Waals surface area contributed by atoms with Crippen molar-refractivity contribution in [2.45, 2.75) is 32.2 Å². The van der Waals surface area contributed by atoms with E-state index < -0.39 is 0 Å². The summed E-state index contributed by atoms with van der Waals surface area (Å²) in [6, 6.07) is 4.33. The molecule has 4 atom stereocenters. The molecule has 0 bridgehead atoms. The third kappa shape index (κ3) is 1.95. The second-order valence-electron chi connectivity index (χ2n) is 5.42. The smallest absolute Gasteiger partial charge is 0.177 e. The van der Waals surface area contributed by atoms with Crippen LogP contribution in [0.25, 0.3) is 0 Å². The second kappa shape index (κ2) is 4.54. The summed E-state index contributed by atoms with van der Waals surface area (Å²) < 4.78 is 0. The van der Waals surface area contributed by atoms with E-state index >= 15 is 0 Å². The number of thiophene rings is 1. The first-order valence-corrected chi connectivity index (χ1v) is 7.46. The molecule has 3 heteroatoms. The normalized spacial score (nSPS) is 33.6. The molecule has 1 aromatic rings. The van der Waals surface area contributed by atoms with Crippen molar-refractivity contribution in [3.8, 4) is 0 Å². The maximum atomic E-state index is 12.4. The lowest BCUT2D eigenvalue weighted by Gasteiger charge is -2.23. The number of rotatable bonds is 3. The van der Waals surface area contributed by atoms with Crippen LogP contribution in [0, 0.1) is 17.8 Å². The Kier molecular flexibility index (Phi) is 3.05. The third-order valence-corrected chi connectivity index (χ3v) is 5.40. The van der Waals surface area contributed by atoms with E-state index in [1.807, 2.05) is 17.5 Å². The maximum Gasteiger partial charge on any atom is 0.177 e. The van der Waals surface area contributed by atoms with Gasteiger partial charge in [0.15, 0.2) is 5.78 Å². The van der Waals surface area contributed by atoms with Crippen LogP contribution in [0.2, 0.25) is 0 Å². The minimum absolute atomic E-state index is 0.127. The molecule has 1 N–H and O–H groups in total. The molecule has 0 spiro atoms. The molecule has 2 nitrogen and oxygen atoms in total. The van der Waals surface area contributed by atoms with Gasteiger partial charge in [-0.15, -0.1) is 11.3 Å². The molecule has 1 aromatic heterocycles. The first-order chi connectivity index (χ1) is 8.27. The van der Waals surface area contributed by atoms with Crippen LogP contribution in [0.1, 0.15) is 35.9 Å². The van der Waals surface area contributed by atoms with E-state index in [0.29, 0.717) is 11.8 Å². The maximum absolute atomic E-state index is 12.4. The number of Topliss-reactive ketones (excluding diaryl/α,β-unsaturated/α-hetero) is 1. The van der Waals surface area contributed by atoms with Crippen molar-refractivity contribution in [3.05, 3.63) is 22.4 Å². The van der Waals surface area contributed by atoms with Gasteiger partial charge in [0.1, 0.15) is 0 Å². The van der Waals surface area contributed by atoms with Crippen LogP contribution in [-0.2, 0) is 0 Å². The van der Waals surface area contributed by atoms with Gasteiger partial charge in [0.25, 0.3) is 0 Å². The summed E-state index contributed by atoms with van der Waals surface area (Å²) in [5, 5.41) is 5.57. The quantitative estimate of drug-likeness (QED) is 0.834. The lowest BCUT2D eigenvalue weighted by Crippen LogP contribution is -2.37. The molecule has 0 amide bonds. The van der Waals surface area contributed by atoms with Gasteiger partial charge in [0, 0.05) is 12.0 Å². The van der Waals surface area contributed by atoms with Gasteiger partial charge in [0.05, 0.1) is 4.88 Å². The number of carbonyl (C=O) groups is 1. The van der Waals surface area contributed by atoms with Gasteiger partial charge in [0.2, 0.25) is 0 Å². The molecule has 0 radical (unpaired) electrons. The Hall–Kier alpha value is -0.670. The average molecular weight is 249 g/mol. The molecule has 92 valence electrons. The van der Waals surface area contributed by atoms with Gasteiger partial charge in [-0.05, 0) is 42.7 Å². The fourth-order valence-corrected chi connectivity index (χ4v) is 4.35. The van der Waals surface area contributed by atoms with Crippen molar-refractivity contribution < 1.29 is 4.79 Å². The van der Waals surface area contributed by atoms with Crippen LogP contribution in [0.15, 0.2) is 17.5 Å². The zero-order chi connectivity index (χ0) is 11.8. The first-order valence-electron chi connectivity index (χ1n) is 6.58. The molecular formula is C14H19NOS. The summed E-state index contributed by atoms with van der Waals surface area (Å²) in [5.74, 6) is 2.03. The molecule has 2 fully saturated rings. The molecule has 1 aliphatic carbocycles. The van der Waals surface area contributed by atoms with E-state index in [-0.39, 0.29) is 5.92 Å². The van der Waals surface area contributed by atoms with Gasteiger partial charge < -0.3 is 5.32 Å². The van der Waals surface area contributed by atoms with E-state index in [0.717, 1.165) is 23.3 Å². The Morgan fingerprint density at radius 1 is 1.53 bits per heavy atom. The molecule has 0 aromatic carbocycles. The Labute approximate surface area is 106 Å². The summed E-state index contributed by atoms with van der Waals surface area (Å²) >= 11 is 1.57. The largest absolute Gasteiger partial charge is 0.313 e. The summed E-state index contributed by atoms with van der Waals surface area (Å²) in [4.78, 5) is 13.3. The molecule has 3 rings (SSSR count). The number of hydrogen-bond acceptors (Lipinski definition) is 3. The molecule has 1 saturated heterocycles. The topological polar surface area (TPSA) is 29.1 Å². The van der Waals surface area contributed by atoms with Crippen LogP contribution >= 0.6 is 11.3 Å². The van der Waals surface area contributed by atoms with Crippen molar-refractivity contribution in [1.29, 1.82) is 0 Å². The van der Waals surface area contributed by atoms with E-state index in [2.05, 4.69) is 12.2 Å². The first kappa shape index (κ1) is 11.4. The van der Waals surface area contributed by atoms with Gasteiger partial charge in [-0.1, -0.05) is 19.4 Å². The molecule has 2 heterocycles. The van der Waals surface area contributed by atoms with Crippen LogP contribution in [0.3, 0.4) is 0 Å². The van der Waals surface area contributed by atoms with Crippen molar-refractivity contribution in [3.63, 3.8) is 0 Å².